The van der Waals surface area contributed by atoms with Crippen LogP contribution in [0.25, 0.3) is 0 Å². The van der Waals surface area contributed by atoms with E-state index in [4.69, 9.17) is 4.74 Å². The fraction of sp³-hybridized carbons (Fsp3) is 0.588. The number of ether oxygens (including phenoxy) is 1. The molecule has 0 bridgehead atoms. The summed E-state index contributed by atoms with van der Waals surface area (Å²) in [5, 5.41) is 6.92. The van der Waals surface area contributed by atoms with Gasteiger partial charge in [-0.25, -0.2) is 0 Å². The van der Waals surface area contributed by atoms with Crippen molar-refractivity contribution >= 4 is 11.6 Å². The summed E-state index contributed by atoms with van der Waals surface area (Å²) in [7, 11) is 1.83. The maximum atomic E-state index is 5.64. The fourth-order valence-electron chi connectivity index (χ4n) is 3.16. The van der Waals surface area contributed by atoms with Gasteiger partial charge in [0.2, 0.25) is 0 Å². The predicted octanol–water partition coefficient (Wildman–Crippen LogP) is 1.61. The lowest BCUT2D eigenvalue weighted by molar-refractivity contribution is 0.113. The van der Waals surface area contributed by atoms with Gasteiger partial charge in [-0.3, -0.25) is 4.99 Å². The fourth-order valence-corrected chi connectivity index (χ4v) is 3.16. The molecule has 1 aromatic carbocycles. The van der Waals surface area contributed by atoms with E-state index in [9.17, 15) is 0 Å². The van der Waals surface area contributed by atoms with E-state index in [0.717, 1.165) is 45.0 Å². The quantitative estimate of drug-likeness (QED) is 0.655. The number of para-hydroxylation sites is 1. The third-order valence-electron chi connectivity index (χ3n) is 4.40. The number of guanidine groups is 1. The first-order valence-electron chi connectivity index (χ1n) is 8.24. The molecule has 0 saturated carbocycles. The third kappa shape index (κ3) is 3.91. The van der Waals surface area contributed by atoms with Crippen molar-refractivity contribution in [2.24, 2.45) is 4.99 Å². The van der Waals surface area contributed by atoms with E-state index in [0.29, 0.717) is 12.1 Å². The van der Waals surface area contributed by atoms with Gasteiger partial charge >= 0.3 is 0 Å². The summed E-state index contributed by atoms with van der Waals surface area (Å²) in [6, 6.07) is 11.0. The van der Waals surface area contributed by atoms with Crippen LogP contribution in [0.15, 0.2) is 35.3 Å². The zero-order chi connectivity index (χ0) is 15.2. The number of hydrogen-bond donors (Lipinski definition) is 2. The maximum absolute atomic E-state index is 5.64. The number of nitrogens with one attached hydrogen (secondary N) is 2. The first-order chi connectivity index (χ1) is 10.8. The minimum absolute atomic E-state index is 0.336. The van der Waals surface area contributed by atoms with Crippen LogP contribution in [-0.2, 0) is 4.74 Å². The average Bonchev–Trinajstić information content (AvgIpc) is 3.24. The normalized spacial score (nSPS) is 25.5. The summed E-state index contributed by atoms with van der Waals surface area (Å²) in [5.74, 6) is 0.885. The van der Waals surface area contributed by atoms with Crippen molar-refractivity contribution in [1.29, 1.82) is 0 Å². The molecule has 2 atom stereocenters. The molecule has 2 N–H and O–H groups in total. The van der Waals surface area contributed by atoms with Crippen LogP contribution >= 0.6 is 0 Å². The highest BCUT2D eigenvalue weighted by atomic mass is 16.5. The van der Waals surface area contributed by atoms with Gasteiger partial charge < -0.3 is 20.3 Å². The molecule has 1 aromatic rings. The van der Waals surface area contributed by atoms with E-state index in [1.54, 1.807) is 0 Å². The lowest BCUT2D eigenvalue weighted by Gasteiger charge is -2.21. The van der Waals surface area contributed by atoms with Crippen LogP contribution in [0.1, 0.15) is 19.3 Å². The van der Waals surface area contributed by atoms with Crippen LogP contribution in [0.2, 0.25) is 0 Å². The zero-order valence-corrected chi connectivity index (χ0v) is 13.3. The second kappa shape index (κ2) is 7.49. The Morgan fingerprint density at radius 2 is 2.18 bits per heavy atom. The summed E-state index contributed by atoms with van der Waals surface area (Å²) >= 11 is 0. The summed E-state index contributed by atoms with van der Waals surface area (Å²) < 4.78 is 5.64. The minimum Gasteiger partial charge on any atom is -0.376 e. The molecule has 2 unspecified atom stereocenters. The highest BCUT2D eigenvalue weighted by Gasteiger charge is 2.23. The molecule has 2 aliphatic heterocycles. The van der Waals surface area contributed by atoms with Crippen molar-refractivity contribution in [1.82, 2.24) is 10.6 Å². The lowest BCUT2D eigenvalue weighted by atomic mass is 10.2. The number of nitrogens with zero attached hydrogens (tertiary/aromatic N) is 2. The molecular weight excluding hydrogens is 276 g/mol. The number of rotatable bonds is 4. The maximum Gasteiger partial charge on any atom is 0.191 e. The molecule has 0 spiro atoms. The lowest BCUT2D eigenvalue weighted by Crippen LogP contribution is -2.46. The molecule has 0 aromatic heterocycles. The SMILES string of the molecule is CN=C(NCC1CCCO1)NC1CCN(c2ccccc2)C1. The van der Waals surface area contributed by atoms with Crippen LogP contribution in [0.3, 0.4) is 0 Å². The van der Waals surface area contributed by atoms with E-state index < -0.39 is 0 Å². The summed E-state index contributed by atoms with van der Waals surface area (Å²) in [4.78, 5) is 6.75. The number of anilines is 1. The van der Waals surface area contributed by atoms with Gasteiger partial charge in [0.25, 0.3) is 0 Å². The number of aliphatic imine (C=N–C) groups is 1. The van der Waals surface area contributed by atoms with Crippen molar-refractivity contribution in [3.05, 3.63) is 30.3 Å². The molecule has 2 saturated heterocycles. The highest BCUT2D eigenvalue weighted by molar-refractivity contribution is 5.80. The standard InChI is InChI=1S/C17H26N4O/c1-18-17(19-12-16-8-5-11-22-16)20-14-9-10-21(13-14)15-6-3-2-4-7-15/h2-4,6-7,14,16H,5,8-13H2,1H3,(H2,18,19,20). The van der Waals surface area contributed by atoms with Crippen molar-refractivity contribution in [2.45, 2.75) is 31.4 Å². The Morgan fingerprint density at radius 3 is 2.91 bits per heavy atom. The van der Waals surface area contributed by atoms with Crippen LogP contribution in [0.4, 0.5) is 5.69 Å². The van der Waals surface area contributed by atoms with Gasteiger partial charge in [0.1, 0.15) is 0 Å². The molecule has 5 heteroatoms. The van der Waals surface area contributed by atoms with Gasteiger partial charge in [0, 0.05) is 45.0 Å². The minimum atomic E-state index is 0.336. The molecule has 22 heavy (non-hydrogen) atoms. The van der Waals surface area contributed by atoms with E-state index in [1.807, 2.05) is 7.05 Å². The molecule has 0 amide bonds. The van der Waals surface area contributed by atoms with Crippen LogP contribution in [-0.4, -0.2) is 51.4 Å². The first kappa shape index (κ1) is 15.2. The van der Waals surface area contributed by atoms with Gasteiger partial charge in [0.05, 0.1) is 6.10 Å². The Balaban J connectivity index is 1.46. The van der Waals surface area contributed by atoms with Crippen molar-refractivity contribution < 1.29 is 4.74 Å². The van der Waals surface area contributed by atoms with Crippen molar-refractivity contribution in [3.8, 4) is 0 Å². The zero-order valence-electron chi connectivity index (χ0n) is 13.3. The molecule has 5 nitrogen and oxygen atoms in total. The van der Waals surface area contributed by atoms with E-state index in [-0.39, 0.29) is 0 Å². The summed E-state index contributed by atoms with van der Waals surface area (Å²) in [5.41, 5.74) is 1.30. The smallest absolute Gasteiger partial charge is 0.191 e. The average molecular weight is 302 g/mol. The molecule has 120 valence electrons. The van der Waals surface area contributed by atoms with E-state index in [2.05, 4.69) is 50.9 Å². The molecule has 2 heterocycles. The Labute approximate surface area is 132 Å². The molecular formula is C17H26N4O. The molecule has 2 fully saturated rings. The molecule has 3 rings (SSSR count). The van der Waals surface area contributed by atoms with Crippen LogP contribution in [0, 0.1) is 0 Å². The largest absolute Gasteiger partial charge is 0.376 e. The van der Waals surface area contributed by atoms with Crippen LogP contribution in [0.5, 0.6) is 0 Å². The van der Waals surface area contributed by atoms with Gasteiger partial charge in [-0.05, 0) is 31.4 Å². The van der Waals surface area contributed by atoms with Crippen LogP contribution < -0.4 is 15.5 Å². The van der Waals surface area contributed by atoms with E-state index in [1.165, 1.54) is 12.1 Å². The predicted molar refractivity (Wildman–Crippen MR) is 90.5 cm³/mol. The van der Waals surface area contributed by atoms with Gasteiger partial charge in [-0.15, -0.1) is 0 Å². The van der Waals surface area contributed by atoms with Crippen molar-refractivity contribution in [2.75, 3.05) is 38.2 Å². The third-order valence-corrected chi connectivity index (χ3v) is 4.40. The Morgan fingerprint density at radius 1 is 1.32 bits per heavy atom. The van der Waals surface area contributed by atoms with Gasteiger partial charge in [0.15, 0.2) is 5.96 Å². The second-order valence-electron chi connectivity index (χ2n) is 6.00. The van der Waals surface area contributed by atoms with Crippen molar-refractivity contribution in [3.63, 3.8) is 0 Å². The summed E-state index contributed by atoms with van der Waals surface area (Å²) in [6.07, 6.45) is 3.79. The molecule has 0 aliphatic carbocycles. The molecule has 0 radical (unpaired) electrons. The Hall–Kier alpha value is -1.75. The Bertz CT molecular complexity index is 485. The summed E-state index contributed by atoms with van der Waals surface area (Å²) in [6.45, 7) is 3.84. The topological polar surface area (TPSA) is 48.9 Å². The monoisotopic (exact) mass is 302 g/mol. The molecule has 2 aliphatic rings. The first-order valence-corrected chi connectivity index (χ1v) is 8.24. The highest BCUT2D eigenvalue weighted by Crippen LogP contribution is 2.19. The van der Waals surface area contributed by atoms with E-state index >= 15 is 0 Å². The van der Waals surface area contributed by atoms with Gasteiger partial charge in [-0.2, -0.15) is 0 Å². The Kier molecular flexibility index (Phi) is 5.16. The number of hydrogen-bond acceptors (Lipinski definition) is 3. The van der Waals surface area contributed by atoms with Gasteiger partial charge in [-0.1, -0.05) is 18.2 Å². The number of benzene rings is 1. The second-order valence-corrected chi connectivity index (χ2v) is 6.00.